The van der Waals surface area contributed by atoms with E-state index in [1.54, 1.807) is 5.56 Å². The Morgan fingerprint density at radius 3 is 2.53 bits per heavy atom. The number of allylic oxidation sites excluding steroid dienone is 1. The molecule has 0 radical (unpaired) electrons. The van der Waals surface area contributed by atoms with Crippen LogP contribution in [0.4, 0.5) is 0 Å². The Morgan fingerprint density at radius 1 is 1.00 bits per heavy atom. The molecule has 90 valence electrons. The van der Waals surface area contributed by atoms with E-state index in [2.05, 4.69) is 30.3 Å². The predicted octanol–water partition coefficient (Wildman–Crippen LogP) is 3.85. The molecule has 1 atom stereocenters. The Bertz CT molecular complexity index is 429. The highest BCUT2D eigenvalue weighted by Gasteiger charge is 2.23. The summed E-state index contributed by atoms with van der Waals surface area (Å²) in [4.78, 5) is 0. The fourth-order valence-electron chi connectivity index (χ4n) is 3.04. The van der Waals surface area contributed by atoms with E-state index in [0.717, 1.165) is 12.3 Å². The minimum absolute atomic E-state index is 0.271. The van der Waals surface area contributed by atoms with Crippen LogP contribution in [0.5, 0.6) is 0 Å². The third kappa shape index (κ3) is 2.16. The number of hydrogen-bond acceptors (Lipinski definition) is 1. The molecule has 2 aliphatic rings. The van der Waals surface area contributed by atoms with Crippen LogP contribution in [0.2, 0.25) is 0 Å². The van der Waals surface area contributed by atoms with Crippen LogP contribution in [0.1, 0.15) is 55.6 Å². The lowest BCUT2D eigenvalue weighted by Crippen LogP contribution is -2.20. The molecule has 0 spiro atoms. The summed E-state index contributed by atoms with van der Waals surface area (Å²) in [5, 5.41) is 0. The molecule has 1 fully saturated rings. The van der Waals surface area contributed by atoms with Gasteiger partial charge in [-0.3, -0.25) is 0 Å². The van der Waals surface area contributed by atoms with E-state index >= 15 is 0 Å². The molecule has 2 N–H and O–H groups in total. The van der Waals surface area contributed by atoms with E-state index < -0.39 is 0 Å². The molecule has 2 aliphatic carbocycles. The summed E-state index contributed by atoms with van der Waals surface area (Å²) in [6.45, 7) is 0. The summed E-state index contributed by atoms with van der Waals surface area (Å²) in [5.41, 5.74) is 10.6. The first-order valence-electron chi connectivity index (χ1n) is 6.90. The average Bonchev–Trinajstić information content (AvgIpc) is 2.27. The van der Waals surface area contributed by atoms with Crippen molar-refractivity contribution in [3.8, 4) is 0 Å². The van der Waals surface area contributed by atoms with Crippen molar-refractivity contribution in [1.29, 1.82) is 0 Å². The smallest absolute Gasteiger partial charge is 0.0229 e. The highest BCUT2D eigenvalue weighted by Crippen LogP contribution is 2.41. The van der Waals surface area contributed by atoms with Gasteiger partial charge in [0.05, 0.1) is 0 Å². The van der Waals surface area contributed by atoms with Crippen LogP contribution in [-0.4, -0.2) is 6.04 Å². The van der Waals surface area contributed by atoms with E-state index in [4.69, 9.17) is 5.73 Å². The first kappa shape index (κ1) is 11.0. The quantitative estimate of drug-likeness (QED) is 0.816. The number of rotatable bonds is 2. The van der Waals surface area contributed by atoms with Crippen molar-refractivity contribution in [2.24, 2.45) is 5.73 Å². The Balaban J connectivity index is 1.96. The summed E-state index contributed by atoms with van der Waals surface area (Å²) >= 11 is 0. The predicted molar refractivity (Wildman–Crippen MR) is 72.8 cm³/mol. The fraction of sp³-hybridized carbons (Fsp3) is 0.500. The third-order valence-corrected chi connectivity index (χ3v) is 4.25. The van der Waals surface area contributed by atoms with E-state index in [9.17, 15) is 0 Å². The van der Waals surface area contributed by atoms with Gasteiger partial charge in [-0.25, -0.2) is 0 Å². The van der Waals surface area contributed by atoms with Crippen molar-refractivity contribution in [3.63, 3.8) is 0 Å². The van der Waals surface area contributed by atoms with Crippen LogP contribution in [-0.2, 0) is 0 Å². The largest absolute Gasteiger partial charge is 0.324 e. The van der Waals surface area contributed by atoms with Gasteiger partial charge in [-0.2, -0.15) is 0 Å². The van der Waals surface area contributed by atoms with Crippen LogP contribution in [0.3, 0.4) is 0 Å². The SMILES string of the molecule is NC1C=C(c2ccccc2C2CCC2)CCC1. The lowest BCUT2D eigenvalue weighted by atomic mass is 9.76. The maximum atomic E-state index is 6.06. The van der Waals surface area contributed by atoms with Gasteiger partial charge >= 0.3 is 0 Å². The maximum Gasteiger partial charge on any atom is 0.0229 e. The summed E-state index contributed by atoms with van der Waals surface area (Å²) in [6, 6.07) is 9.23. The molecule has 1 nitrogen and oxygen atoms in total. The molecule has 3 rings (SSSR count). The molecule has 0 aliphatic heterocycles. The molecular formula is C16H21N. The second-order valence-corrected chi connectivity index (χ2v) is 5.46. The number of hydrogen-bond donors (Lipinski definition) is 1. The molecule has 0 amide bonds. The lowest BCUT2D eigenvalue weighted by Gasteiger charge is -2.29. The van der Waals surface area contributed by atoms with Gasteiger partial charge in [-0.15, -0.1) is 0 Å². The molecule has 1 unspecified atom stereocenters. The minimum atomic E-state index is 0.271. The lowest BCUT2D eigenvalue weighted by molar-refractivity contribution is 0.419. The van der Waals surface area contributed by atoms with Crippen molar-refractivity contribution in [3.05, 3.63) is 41.5 Å². The molecule has 17 heavy (non-hydrogen) atoms. The fourth-order valence-corrected chi connectivity index (χ4v) is 3.04. The Kier molecular flexibility index (Phi) is 3.02. The molecule has 0 bridgehead atoms. The Labute approximate surface area is 104 Å². The zero-order valence-corrected chi connectivity index (χ0v) is 10.4. The van der Waals surface area contributed by atoms with Gasteiger partial charge in [0.15, 0.2) is 0 Å². The second-order valence-electron chi connectivity index (χ2n) is 5.46. The van der Waals surface area contributed by atoms with Crippen molar-refractivity contribution in [2.75, 3.05) is 0 Å². The van der Waals surface area contributed by atoms with Crippen molar-refractivity contribution in [1.82, 2.24) is 0 Å². The summed E-state index contributed by atoms with van der Waals surface area (Å²) < 4.78 is 0. The van der Waals surface area contributed by atoms with Crippen LogP contribution >= 0.6 is 0 Å². The van der Waals surface area contributed by atoms with Crippen LogP contribution < -0.4 is 5.73 Å². The third-order valence-electron chi connectivity index (χ3n) is 4.25. The summed E-state index contributed by atoms with van der Waals surface area (Å²) in [7, 11) is 0. The van der Waals surface area contributed by atoms with Crippen molar-refractivity contribution in [2.45, 2.75) is 50.5 Å². The maximum absolute atomic E-state index is 6.06. The highest BCUT2D eigenvalue weighted by atomic mass is 14.6. The van der Waals surface area contributed by atoms with Gasteiger partial charge in [0.25, 0.3) is 0 Å². The van der Waals surface area contributed by atoms with Gasteiger partial charge in [-0.05, 0) is 54.7 Å². The molecule has 1 aromatic carbocycles. The van der Waals surface area contributed by atoms with Gasteiger partial charge in [0, 0.05) is 6.04 Å². The Morgan fingerprint density at radius 2 is 1.82 bits per heavy atom. The topological polar surface area (TPSA) is 26.0 Å². The van der Waals surface area contributed by atoms with E-state index in [1.807, 2.05) is 0 Å². The second kappa shape index (κ2) is 4.66. The zero-order valence-electron chi connectivity index (χ0n) is 10.4. The molecular weight excluding hydrogens is 206 g/mol. The Hall–Kier alpha value is -1.08. The summed E-state index contributed by atoms with van der Waals surface area (Å²) in [6.07, 6.45) is 10.0. The van der Waals surface area contributed by atoms with Crippen molar-refractivity contribution >= 4 is 5.57 Å². The normalized spacial score (nSPS) is 25.2. The number of nitrogens with two attached hydrogens (primary N) is 1. The number of benzene rings is 1. The van der Waals surface area contributed by atoms with E-state index in [1.165, 1.54) is 43.2 Å². The molecule has 1 heteroatoms. The minimum Gasteiger partial charge on any atom is -0.324 e. The molecule has 0 saturated heterocycles. The van der Waals surface area contributed by atoms with Crippen LogP contribution in [0.25, 0.3) is 5.57 Å². The van der Waals surface area contributed by atoms with Crippen LogP contribution in [0, 0.1) is 0 Å². The molecule has 1 aromatic rings. The monoisotopic (exact) mass is 227 g/mol. The van der Waals surface area contributed by atoms with Crippen molar-refractivity contribution < 1.29 is 0 Å². The molecule has 0 heterocycles. The highest BCUT2D eigenvalue weighted by molar-refractivity contribution is 5.70. The zero-order chi connectivity index (χ0) is 11.7. The van der Waals surface area contributed by atoms with Gasteiger partial charge in [0.2, 0.25) is 0 Å². The van der Waals surface area contributed by atoms with Gasteiger partial charge in [0.1, 0.15) is 0 Å². The van der Waals surface area contributed by atoms with Crippen LogP contribution in [0.15, 0.2) is 30.3 Å². The molecule has 1 saturated carbocycles. The standard InChI is InChI=1S/C16H21N/c17-14-8-4-7-13(11-14)16-10-2-1-9-15(16)12-5-3-6-12/h1-2,9-12,14H,3-8,17H2. The van der Waals surface area contributed by atoms with Gasteiger partial charge < -0.3 is 5.73 Å². The average molecular weight is 227 g/mol. The first-order valence-corrected chi connectivity index (χ1v) is 6.90. The first-order chi connectivity index (χ1) is 8.34. The van der Waals surface area contributed by atoms with E-state index in [0.29, 0.717) is 0 Å². The van der Waals surface area contributed by atoms with E-state index in [-0.39, 0.29) is 6.04 Å². The summed E-state index contributed by atoms with van der Waals surface area (Å²) in [5.74, 6) is 0.810. The van der Waals surface area contributed by atoms with Gasteiger partial charge in [-0.1, -0.05) is 36.8 Å². The molecule has 0 aromatic heterocycles.